The lowest BCUT2D eigenvalue weighted by molar-refractivity contribution is -0.113. The molecular formula is C26H38NO4P. The number of ether oxygens (including phenoxy) is 2. The Kier molecular flexibility index (Phi) is 9.95. The Balaban J connectivity index is 1.54. The minimum absolute atomic E-state index is 0.0227. The van der Waals surface area contributed by atoms with E-state index in [1.54, 1.807) is 0 Å². The van der Waals surface area contributed by atoms with Gasteiger partial charge in [-0.25, -0.2) is 0 Å². The first-order valence-corrected chi connectivity index (χ1v) is 13.8. The predicted octanol–water partition coefficient (Wildman–Crippen LogP) is 4.56. The van der Waals surface area contributed by atoms with Gasteiger partial charge >= 0.3 is 0 Å². The summed E-state index contributed by atoms with van der Waals surface area (Å²) < 4.78 is 11.9. The van der Waals surface area contributed by atoms with Crippen LogP contribution in [0.25, 0.3) is 0 Å². The van der Waals surface area contributed by atoms with Gasteiger partial charge in [0.05, 0.1) is 31.5 Å². The van der Waals surface area contributed by atoms with Gasteiger partial charge in [-0.05, 0) is 88.5 Å². The third-order valence-corrected chi connectivity index (χ3v) is 6.77. The minimum Gasteiger partial charge on any atom is -0.494 e. The van der Waals surface area contributed by atoms with E-state index in [0.717, 1.165) is 43.7 Å². The number of unbranched alkanes of at least 4 members (excludes halogenated alkanes) is 1. The maximum Gasteiger partial charge on any atom is 0.119 e. The summed E-state index contributed by atoms with van der Waals surface area (Å²) in [6, 6.07) is 14.7. The van der Waals surface area contributed by atoms with Crippen molar-refractivity contribution < 1.29 is 19.7 Å². The van der Waals surface area contributed by atoms with Crippen LogP contribution in [0.1, 0.15) is 54.0 Å². The van der Waals surface area contributed by atoms with E-state index >= 15 is 0 Å². The molecule has 1 aliphatic heterocycles. The monoisotopic (exact) mass is 459 g/mol. The smallest absolute Gasteiger partial charge is 0.119 e. The summed E-state index contributed by atoms with van der Waals surface area (Å²) in [7, 11) is -0.0227. The van der Waals surface area contributed by atoms with Crippen LogP contribution in [0.5, 0.6) is 5.75 Å². The van der Waals surface area contributed by atoms with Crippen molar-refractivity contribution in [3.05, 3.63) is 64.7 Å². The molecule has 2 aromatic carbocycles. The highest BCUT2D eigenvalue weighted by Crippen LogP contribution is 2.33. The van der Waals surface area contributed by atoms with Gasteiger partial charge in [-0.3, -0.25) is 5.09 Å². The van der Waals surface area contributed by atoms with Crippen molar-refractivity contribution in [2.24, 2.45) is 0 Å². The molecule has 0 amide bonds. The average Bonchev–Trinajstić information content (AvgIpc) is 2.78. The molecule has 1 aliphatic rings. The fraction of sp³-hybridized carbons (Fsp3) is 0.538. The molecule has 0 aliphatic carbocycles. The summed E-state index contributed by atoms with van der Waals surface area (Å²) in [5.74, 6) is 0.917. The average molecular weight is 460 g/mol. The van der Waals surface area contributed by atoms with Gasteiger partial charge in [-0.15, -0.1) is 0 Å². The molecule has 6 heteroatoms. The van der Waals surface area contributed by atoms with Gasteiger partial charge in [0.2, 0.25) is 0 Å². The Morgan fingerprint density at radius 2 is 1.88 bits per heavy atom. The Morgan fingerprint density at radius 3 is 2.59 bits per heavy atom. The van der Waals surface area contributed by atoms with E-state index in [1.165, 1.54) is 16.7 Å². The molecule has 3 unspecified atom stereocenters. The maximum atomic E-state index is 10.1. The SMILES string of the molecule is Cc1ccc(C2CC(O)CC(CO)O2)cc1Cc1ccc(OCCCCNP(C)C)cc1. The Bertz CT molecular complexity index is 827. The van der Waals surface area contributed by atoms with Crippen LogP contribution >= 0.6 is 8.07 Å². The van der Waals surface area contributed by atoms with Crippen LogP contribution in [-0.2, 0) is 11.2 Å². The zero-order chi connectivity index (χ0) is 22.9. The molecule has 5 nitrogen and oxygen atoms in total. The van der Waals surface area contributed by atoms with Gasteiger partial charge < -0.3 is 19.7 Å². The summed E-state index contributed by atoms with van der Waals surface area (Å²) in [5.41, 5.74) is 4.79. The number of aryl methyl sites for hydroxylation is 1. The van der Waals surface area contributed by atoms with Crippen molar-refractivity contribution in [2.75, 3.05) is 33.1 Å². The second kappa shape index (κ2) is 12.7. The lowest BCUT2D eigenvalue weighted by Gasteiger charge is -2.32. The number of hydrogen-bond donors (Lipinski definition) is 3. The first-order valence-electron chi connectivity index (χ1n) is 11.6. The Morgan fingerprint density at radius 1 is 1.09 bits per heavy atom. The van der Waals surface area contributed by atoms with Crippen LogP contribution in [0.4, 0.5) is 0 Å². The van der Waals surface area contributed by atoms with Crippen molar-refractivity contribution in [2.45, 2.75) is 57.3 Å². The highest BCUT2D eigenvalue weighted by Gasteiger charge is 2.29. The van der Waals surface area contributed by atoms with Crippen molar-refractivity contribution in [1.29, 1.82) is 0 Å². The number of nitrogens with one attached hydrogen (secondary N) is 1. The molecule has 32 heavy (non-hydrogen) atoms. The summed E-state index contributed by atoms with van der Waals surface area (Å²) in [4.78, 5) is 0. The third-order valence-electron chi connectivity index (χ3n) is 5.91. The first-order chi connectivity index (χ1) is 15.4. The molecule has 0 saturated carbocycles. The molecule has 1 fully saturated rings. The molecule has 1 heterocycles. The zero-order valence-electron chi connectivity index (χ0n) is 19.6. The van der Waals surface area contributed by atoms with Gasteiger partial charge in [-0.2, -0.15) is 0 Å². The van der Waals surface area contributed by atoms with Gasteiger partial charge in [0, 0.05) is 12.8 Å². The number of hydrogen-bond acceptors (Lipinski definition) is 5. The van der Waals surface area contributed by atoms with E-state index in [0.29, 0.717) is 12.8 Å². The molecule has 0 bridgehead atoms. The van der Waals surface area contributed by atoms with Crippen molar-refractivity contribution in [3.63, 3.8) is 0 Å². The Hall–Kier alpha value is -1.49. The quantitative estimate of drug-likeness (QED) is 0.339. The maximum absolute atomic E-state index is 10.1. The standard InChI is InChI=1S/C26H38NO4P/c1-19-6-9-21(26-17-23(29)16-25(18-28)31-26)15-22(19)14-20-7-10-24(11-8-20)30-13-5-4-12-27-32(2)3/h6-11,15,23,25-29H,4-5,12-14,16-18H2,1-3H3. The first kappa shape index (κ1) is 25.1. The molecular weight excluding hydrogens is 421 g/mol. The highest BCUT2D eigenvalue weighted by atomic mass is 31.1. The largest absolute Gasteiger partial charge is 0.494 e. The topological polar surface area (TPSA) is 71.0 Å². The van der Waals surface area contributed by atoms with E-state index < -0.39 is 6.10 Å². The molecule has 3 rings (SSSR count). The Labute approximate surface area is 194 Å². The number of benzene rings is 2. The molecule has 0 radical (unpaired) electrons. The molecule has 0 spiro atoms. The van der Waals surface area contributed by atoms with Crippen molar-refractivity contribution in [3.8, 4) is 5.75 Å². The fourth-order valence-corrected chi connectivity index (χ4v) is 4.65. The second-order valence-electron chi connectivity index (χ2n) is 8.92. The van der Waals surface area contributed by atoms with E-state index in [1.807, 2.05) is 0 Å². The van der Waals surface area contributed by atoms with Crippen LogP contribution in [0, 0.1) is 6.92 Å². The lowest BCUT2D eigenvalue weighted by Crippen LogP contribution is -2.33. The summed E-state index contributed by atoms with van der Waals surface area (Å²) in [5, 5.41) is 23.1. The van der Waals surface area contributed by atoms with Gasteiger partial charge in [0.1, 0.15) is 5.75 Å². The summed E-state index contributed by atoms with van der Waals surface area (Å²) in [6.07, 6.45) is 3.18. The van der Waals surface area contributed by atoms with Crippen LogP contribution in [-0.4, -0.2) is 55.5 Å². The van der Waals surface area contributed by atoms with E-state index in [-0.39, 0.29) is 26.9 Å². The van der Waals surface area contributed by atoms with E-state index in [9.17, 15) is 10.2 Å². The minimum atomic E-state index is -0.435. The summed E-state index contributed by atoms with van der Waals surface area (Å²) in [6.45, 7) is 8.33. The third kappa shape index (κ3) is 7.83. The van der Waals surface area contributed by atoms with Crippen LogP contribution < -0.4 is 9.82 Å². The van der Waals surface area contributed by atoms with Crippen molar-refractivity contribution >= 4 is 8.07 Å². The number of aliphatic hydroxyl groups excluding tert-OH is 2. The van der Waals surface area contributed by atoms with Crippen molar-refractivity contribution in [1.82, 2.24) is 5.09 Å². The molecule has 3 atom stereocenters. The fourth-order valence-electron chi connectivity index (χ4n) is 4.05. The predicted molar refractivity (Wildman–Crippen MR) is 132 cm³/mol. The normalized spacial score (nSPS) is 21.1. The van der Waals surface area contributed by atoms with Gasteiger partial charge in [-0.1, -0.05) is 30.3 Å². The van der Waals surface area contributed by atoms with E-state index in [4.69, 9.17) is 9.47 Å². The number of aliphatic hydroxyl groups is 2. The number of rotatable bonds is 11. The van der Waals surface area contributed by atoms with Crippen LogP contribution in [0.15, 0.2) is 42.5 Å². The summed E-state index contributed by atoms with van der Waals surface area (Å²) >= 11 is 0. The molecule has 1 saturated heterocycles. The van der Waals surface area contributed by atoms with E-state index in [2.05, 4.69) is 67.8 Å². The molecule has 3 N–H and O–H groups in total. The second-order valence-corrected chi connectivity index (χ2v) is 11.0. The lowest BCUT2D eigenvalue weighted by atomic mass is 9.92. The highest BCUT2D eigenvalue weighted by molar-refractivity contribution is 7.53. The van der Waals surface area contributed by atoms with Gasteiger partial charge in [0.25, 0.3) is 0 Å². The molecule has 0 aromatic heterocycles. The van der Waals surface area contributed by atoms with Crippen LogP contribution in [0.2, 0.25) is 0 Å². The van der Waals surface area contributed by atoms with Crippen LogP contribution in [0.3, 0.4) is 0 Å². The van der Waals surface area contributed by atoms with Gasteiger partial charge in [0.15, 0.2) is 0 Å². The zero-order valence-corrected chi connectivity index (χ0v) is 20.5. The molecule has 176 valence electrons. The molecule has 2 aromatic rings.